The van der Waals surface area contributed by atoms with Gasteiger partial charge in [0.25, 0.3) is 0 Å². The maximum Gasteiger partial charge on any atom is 0.0991 e. The van der Waals surface area contributed by atoms with Gasteiger partial charge < -0.3 is 13.7 Å². The molecule has 0 saturated carbocycles. The Balaban J connectivity index is 1.45. The molecule has 0 unspecified atom stereocenters. The van der Waals surface area contributed by atoms with Crippen molar-refractivity contribution in [3.05, 3.63) is 156 Å². The second kappa shape index (κ2) is 12.0. The molecule has 8 aromatic rings. The predicted molar refractivity (Wildman–Crippen MR) is 209 cm³/mol. The molecule has 3 aromatic heterocycles. The second-order valence-electron chi connectivity index (χ2n) is 12.4. The first-order valence-corrected chi connectivity index (χ1v) is 16.7. The first-order valence-electron chi connectivity index (χ1n) is 16.7. The molecule has 0 N–H and O–H groups in total. The molecule has 0 atom stereocenters. The number of para-hydroxylation sites is 1. The summed E-state index contributed by atoms with van der Waals surface area (Å²) < 4.78 is 6.91. The number of nitriles is 2. The van der Waals surface area contributed by atoms with Crippen LogP contribution in [0.25, 0.3) is 77.7 Å². The smallest absolute Gasteiger partial charge is 0.0991 e. The zero-order valence-corrected chi connectivity index (χ0v) is 28.1. The number of rotatable bonds is 6. The van der Waals surface area contributed by atoms with Crippen molar-refractivity contribution >= 4 is 66.3 Å². The zero-order valence-electron chi connectivity index (χ0n) is 28.1. The summed E-state index contributed by atoms with van der Waals surface area (Å²) in [6.07, 6.45) is 12.2. The molecule has 50 heavy (non-hydrogen) atoms. The molecule has 5 aromatic carbocycles. The molecule has 0 bridgehead atoms. The summed E-state index contributed by atoms with van der Waals surface area (Å²) in [7, 11) is 0. The van der Waals surface area contributed by atoms with E-state index >= 15 is 0 Å². The van der Waals surface area contributed by atoms with E-state index in [9.17, 15) is 10.5 Å². The molecule has 0 saturated heterocycles. The number of benzene rings is 5. The number of hydrogen-bond donors (Lipinski definition) is 0. The van der Waals surface area contributed by atoms with Crippen LogP contribution in [0.1, 0.15) is 36.2 Å². The van der Waals surface area contributed by atoms with E-state index in [0.29, 0.717) is 11.1 Å². The molecule has 8 rings (SSSR count). The Kier molecular flexibility index (Phi) is 7.33. The van der Waals surface area contributed by atoms with Crippen LogP contribution < -0.4 is 0 Å². The van der Waals surface area contributed by atoms with E-state index in [1.54, 1.807) is 6.08 Å². The van der Waals surface area contributed by atoms with Crippen molar-refractivity contribution in [2.24, 2.45) is 0 Å². The van der Waals surface area contributed by atoms with Gasteiger partial charge in [-0.2, -0.15) is 10.5 Å². The van der Waals surface area contributed by atoms with E-state index in [1.807, 2.05) is 37.3 Å². The average Bonchev–Trinajstić information content (AvgIpc) is 3.76. The Morgan fingerprint density at radius 3 is 1.82 bits per heavy atom. The van der Waals surface area contributed by atoms with Gasteiger partial charge in [-0.05, 0) is 106 Å². The Bertz CT molecular complexity index is 2880. The number of nitrogens with zero attached hydrogens (tertiary/aromatic N) is 5. The fourth-order valence-electron chi connectivity index (χ4n) is 7.56. The highest BCUT2D eigenvalue weighted by atomic mass is 15.0. The second-order valence-corrected chi connectivity index (χ2v) is 12.4. The summed E-state index contributed by atoms with van der Waals surface area (Å²) in [4.78, 5) is 0. The summed E-state index contributed by atoms with van der Waals surface area (Å²) in [6, 6.07) is 38.2. The molecule has 238 valence electrons. The quantitative estimate of drug-likeness (QED) is 0.169. The van der Waals surface area contributed by atoms with Crippen LogP contribution in [0.2, 0.25) is 0 Å². The van der Waals surface area contributed by atoms with Gasteiger partial charge in [-0.1, -0.05) is 55.2 Å². The van der Waals surface area contributed by atoms with Gasteiger partial charge in [0, 0.05) is 55.3 Å². The molecule has 0 aliphatic rings. The molecule has 0 aliphatic heterocycles. The largest absolute Gasteiger partial charge is 0.313 e. The molecule has 3 heterocycles. The van der Waals surface area contributed by atoms with Crippen molar-refractivity contribution in [3.8, 4) is 23.5 Å². The van der Waals surface area contributed by atoms with Crippen molar-refractivity contribution in [2.45, 2.75) is 20.8 Å². The lowest BCUT2D eigenvalue weighted by Gasteiger charge is -2.11. The van der Waals surface area contributed by atoms with E-state index in [2.05, 4.69) is 143 Å². The van der Waals surface area contributed by atoms with Crippen molar-refractivity contribution in [1.82, 2.24) is 13.7 Å². The third-order valence-corrected chi connectivity index (χ3v) is 9.72. The highest BCUT2D eigenvalue weighted by molar-refractivity contribution is 6.13. The first kappa shape index (κ1) is 30.5. The van der Waals surface area contributed by atoms with E-state index in [1.165, 1.54) is 0 Å². The topological polar surface area (TPSA) is 62.4 Å². The highest BCUT2D eigenvalue weighted by Gasteiger charge is 2.19. The van der Waals surface area contributed by atoms with Crippen LogP contribution in [0.15, 0.2) is 134 Å². The van der Waals surface area contributed by atoms with Gasteiger partial charge in [0.15, 0.2) is 0 Å². The monoisotopic (exact) mass is 643 g/mol. The van der Waals surface area contributed by atoms with Crippen LogP contribution in [-0.4, -0.2) is 13.7 Å². The number of aromatic nitrogens is 3. The van der Waals surface area contributed by atoms with Crippen LogP contribution in [0.5, 0.6) is 0 Å². The molecular weight excluding hydrogens is 611 g/mol. The van der Waals surface area contributed by atoms with Crippen LogP contribution in [-0.2, 0) is 0 Å². The third kappa shape index (κ3) is 4.53. The highest BCUT2D eigenvalue weighted by Crippen LogP contribution is 2.39. The summed E-state index contributed by atoms with van der Waals surface area (Å²) in [5, 5.41) is 24.8. The summed E-state index contributed by atoms with van der Waals surface area (Å²) >= 11 is 0. The Labute approximate surface area is 290 Å². The van der Waals surface area contributed by atoms with Crippen LogP contribution in [0.3, 0.4) is 0 Å². The minimum absolute atomic E-state index is 0.645. The number of hydrogen-bond acceptors (Lipinski definition) is 2. The van der Waals surface area contributed by atoms with Gasteiger partial charge in [0.05, 0.1) is 50.8 Å². The molecule has 5 heteroatoms. The lowest BCUT2D eigenvalue weighted by Crippen LogP contribution is -1.98. The summed E-state index contributed by atoms with van der Waals surface area (Å²) in [5.41, 5.74) is 12.1. The summed E-state index contributed by atoms with van der Waals surface area (Å²) in [5.74, 6) is 0. The van der Waals surface area contributed by atoms with Crippen LogP contribution in [0, 0.1) is 29.6 Å². The minimum Gasteiger partial charge on any atom is -0.313 e. The number of allylic oxidation sites excluding steroid dienone is 6. The first-order chi connectivity index (χ1) is 24.5. The standard InChI is InChI=1S/C45H33N5/c1-5-8-12-32(7-3)49-44-21-17-33(48-29(4)35(11-6-2)37-23-30(27-46)15-19-42(37)48)25-39(44)40-26-34(18-22-45(40)49)50-41-14-10-9-13-36(41)38-24-31(28-47)16-20-43(38)50/h5-26H,1H2,2-4H3/b11-6-,12-8-,32-7+. The van der Waals surface area contributed by atoms with Gasteiger partial charge in [-0.25, -0.2) is 0 Å². The fraction of sp³-hybridized carbons (Fsp3) is 0.0667. The molecular formula is C45H33N5. The van der Waals surface area contributed by atoms with Crippen molar-refractivity contribution < 1.29 is 0 Å². The molecule has 0 fully saturated rings. The Hall–Kier alpha value is -6.82. The zero-order chi connectivity index (χ0) is 34.5. The van der Waals surface area contributed by atoms with Gasteiger partial charge in [0.1, 0.15) is 0 Å². The molecule has 0 spiro atoms. The predicted octanol–water partition coefficient (Wildman–Crippen LogP) is 11.5. The molecule has 0 radical (unpaired) electrons. The van der Waals surface area contributed by atoms with Crippen molar-refractivity contribution in [1.29, 1.82) is 10.5 Å². The number of fused-ring (bicyclic) bond motifs is 7. The third-order valence-electron chi connectivity index (χ3n) is 9.72. The van der Waals surface area contributed by atoms with Gasteiger partial charge in [-0.15, -0.1) is 0 Å². The van der Waals surface area contributed by atoms with E-state index < -0.39 is 0 Å². The average molecular weight is 644 g/mol. The SMILES string of the molecule is C=C/C=C\C(=C/C)n1c2ccc(-n3c(C)c(/C=C\C)c4cc(C#N)ccc43)cc2c2cc(-n3c4ccccc4c4cc(C#N)ccc43)ccc21. The lowest BCUT2D eigenvalue weighted by atomic mass is 10.1. The lowest BCUT2D eigenvalue weighted by molar-refractivity contribution is 1.05. The minimum atomic E-state index is 0.645. The van der Waals surface area contributed by atoms with Gasteiger partial charge in [0.2, 0.25) is 0 Å². The van der Waals surface area contributed by atoms with E-state index in [-0.39, 0.29) is 0 Å². The van der Waals surface area contributed by atoms with Crippen molar-refractivity contribution in [2.75, 3.05) is 0 Å². The van der Waals surface area contributed by atoms with Crippen molar-refractivity contribution in [3.63, 3.8) is 0 Å². The van der Waals surface area contributed by atoms with E-state index in [0.717, 1.165) is 82.8 Å². The molecule has 5 nitrogen and oxygen atoms in total. The fourth-order valence-corrected chi connectivity index (χ4v) is 7.56. The van der Waals surface area contributed by atoms with Gasteiger partial charge in [-0.3, -0.25) is 0 Å². The maximum absolute atomic E-state index is 9.68. The Morgan fingerprint density at radius 1 is 0.640 bits per heavy atom. The Morgan fingerprint density at radius 2 is 1.20 bits per heavy atom. The normalized spacial score (nSPS) is 12.3. The van der Waals surface area contributed by atoms with E-state index in [4.69, 9.17) is 0 Å². The van der Waals surface area contributed by atoms with Gasteiger partial charge >= 0.3 is 0 Å². The van der Waals surface area contributed by atoms with Crippen LogP contribution >= 0.6 is 0 Å². The van der Waals surface area contributed by atoms with Crippen LogP contribution in [0.4, 0.5) is 0 Å². The molecule has 0 amide bonds. The molecule has 0 aliphatic carbocycles. The maximum atomic E-state index is 9.68. The summed E-state index contributed by atoms with van der Waals surface area (Å²) in [6.45, 7) is 10.1.